The number of nitriles is 2. The number of hydrogen-bond acceptors (Lipinski definition) is 5. The number of H-pyrrole nitrogens is 1. The molecular weight excluding hydrogens is 235 g/mol. The van der Waals surface area contributed by atoms with E-state index in [9.17, 15) is 4.39 Å². The summed E-state index contributed by atoms with van der Waals surface area (Å²) < 4.78 is 13.8. The molecule has 0 saturated heterocycles. The standard InChI is InChI=1S/C11H7FN6/c1-6-11-9(12)2-7(3-10(11)18-15-6)16-17-8(4-13)5-14/h2-3,16H,1H3,(H,15,18). The molecule has 2 N–H and O–H groups in total. The lowest BCUT2D eigenvalue weighted by Gasteiger charge is -2.01. The molecule has 0 aliphatic carbocycles. The number of aromatic amines is 1. The summed E-state index contributed by atoms with van der Waals surface area (Å²) in [6.07, 6.45) is 0. The molecule has 0 spiro atoms. The zero-order chi connectivity index (χ0) is 13.1. The quantitative estimate of drug-likeness (QED) is 0.619. The van der Waals surface area contributed by atoms with Crippen molar-refractivity contribution in [1.82, 2.24) is 10.2 Å². The van der Waals surface area contributed by atoms with Crippen molar-refractivity contribution in [3.63, 3.8) is 0 Å². The van der Waals surface area contributed by atoms with Crippen molar-refractivity contribution in [1.29, 1.82) is 10.5 Å². The molecule has 18 heavy (non-hydrogen) atoms. The second-order valence-electron chi connectivity index (χ2n) is 3.50. The third-order valence-corrected chi connectivity index (χ3v) is 2.30. The minimum atomic E-state index is -0.452. The fraction of sp³-hybridized carbons (Fsp3) is 0.0909. The number of anilines is 1. The second-order valence-corrected chi connectivity index (χ2v) is 3.50. The van der Waals surface area contributed by atoms with Crippen molar-refractivity contribution in [2.24, 2.45) is 5.10 Å². The third kappa shape index (κ3) is 1.97. The first-order chi connectivity index (χ1) is 8.65. The van der Waals surface area contributed by atoms with Crippen molar-refractivity contribution in [3.05, 3.63) is 23.6 Å². The fourth-order valence-electron chi connectivity index (χ4n) is 1.51. The van der Waals surface area contributed by atoms with Crippen molar-refractivity contribution >= 4 is 22.3 Å². The minimum Gasteiger partial charge on any atom is -0.282 e. The average molecular weight is 242 g/mol. The van der Waals surface area contributed by atoms with Gasteiger partial charge in [0.2, 0.25) is 5.71 Å². The van der Waals surface area contributed by atoms with Gasteiger partial charge in [-0.25, -0.2) is 4.39 Å². The van der Waals surface area contributed by atoms with E-state index >= 15 is 0 Å². The first-order valence-corrected chi connectivity index (χ1v) is 4.94. The molecule has 0 unspecified atom stereocenters. The summed E-state index contributed by atoms with van der Waals surface area (Å²) in [5.74, 6) is -0.452. The van der Waals surface area contributed by atoms with Gasteiger partial charge in [-0.05, 0) is 19.1 Å². The largest absolute Gasteiger partial charge is 0.282 e. The Morgan fingerprint density at radius 2 is 2.17 bits per heavy atom. The number of halogens is 1. The van der Waals surface area contributed by atoms with Gasteiger partial charge in [0.25, 0.3) is 0 Å². The Kier molecular flexibility index (Phi) is 2.90. The van der Waals surface area contributed by atoms with Crippen molar-refractivity contribution in [3.8, 4) is 12.1 Å². The lowest BCUT2D eigenvalue weighted by Crippen LogP contribution is -1.97. The highest BCUT2D eigenvalue weighted by Crippen LogP contribution is 2.23. The van der Waals surface area contributed by atoms with Crippen molar-refractivity contribution in [2.75, 3.05) is 5.43 Å². The van der Waals surface area contributed by atoms with Gasteiger partial charge in [0.1, 0.15) is 18.0 Å². The van der Waals surface area contributed by atoms with Crippen LogP contribution < -0.4 is 5.43 Å². The number of nitrogens with zero attached hydrogens (tertiary/aromatic N) is 4. The minimum absolute atomic E-state index is 0.314. The van der Waals surface area contributed by atoms with E-state index in [1.807, 2.05) is 0 Å². The molecule has 0 fully saturated rings. The summed E-state index contributed by atoms with van der Waals surface area (Å²) in [4.78, 5) is 0. The molecule has 0 atom stereocenters. The molecule has 2 aromatic rings. The number of nitrogens with one attached hydrogen (secondary N) is 2. The SMILES string of the molecule is Cc1[nH]nc2cc(NN=C(C#N)C#N)cc(F)c12. The molecule has 0 saturated carbocycles. The normalized spacial score (nSPS) is 9.56. The van der Waals surface area contributed by atoms with Crippen molar-refractivity contribution < 1.29 is 4.39 Å². The van der Waals surface area contributed by atoms with Gasteiger partial charge in [0.15, 0.2) is 0 Å². The van der Waals surface area contributed by atoms with Crippen LogP contribution in [0.5, 0.6) is 0 Å². The highest BCUT2D eigenvalue weighted by atomic mass is 19.1. The molecule has 0 aliphatic heterocycles. The molecule has 0 aliphatic rings. The first kappa shape index (κ1) is 11.6. The highest BCUT2D eigenvalue weighted by molar-refractivity contribution is 6.10. The van der Waals surface area contributed by atoms with Crippen LogP contribution in [0.3, 0.4) is 0 Å². The fourth-order valence-corrected chi connectivity index (χ4v) is 1.51. The van der Waals surface area contributed by atoms with E-state index in [-0.39, 0.29) is 5.71 Å². The number of fused-ring (bicyclic) bond motifs is 1. The summed E-state index contributed by atoms with van der Waals surface area (Å²) in [5, 5.41) is 27.5. The molecule has 0 radical (unpaired) electrons. The number of hydrogen-bond donors (Lipinski definition) is 2. The monoisotopic (exact) mass is 242 g/mol. The molecule has 88 valence electrons. The lowest BCUT2D eigenvalue weighted by atomic mass is 10.2. The number of aromatic nitrogens is 2. The van der Waals surface area contributed by atoms with Crippen LogP contribution in [-0.4, -0.2) is 15.9 Å². The average Bonchev–Trinajstić information content (AvgIpc) is 2.73. The Morgan fingerprint density at radius 1 is 1.44 bits per heavy atom. The summed E-state index contributed by atoms with van der Waals surface area (Å²) >= 11 is 0. The van der Waals surface area contributed by atoms with Gasteiger partial charge in [-0.1, -0.05) is 0 Å². The zero-order valence-electron chi connectivity index (χ0n) is 9.32. The van der Waals surface area contributed by atoms with Crippen LogP contribution in [0.4, 0.5) is 10.1 Å². The van der Waals surface area contributed by atoms with E-state index in [1.165, 1.54) is 6.07 Å². The van der Waals surface area contributed by atoms with Gasteiger partial charge in [0.05, 0.1) is 16.6 Å². The molecule has 0 amide bonds. The Hall–Kier alpha value is -2.93. The zero-order valence-corrected chi connectivity index (χ0v) is 9.32. The lowest BCUT2D eigenvalue weighted by molar-refractivity contribution is 0.639. The summed E-state index contributed by atoms with van der Waals surface area (Å²) in [7, 11) is 0. The maximum atomic E-state index is 13.8. The van der Waals surface area contributed by atoms with Gasteiger partial charge in [0, 0.05) is 5.69 Å². The molecule has 1 aromatic carbocycles. The van der Waals surface area contributed by atoms with Gasteiger partial charge < -0.3 is 0 Å². The summed E-state index contributed by atoms with van der Waals surface area (Å²) in [6, 6.07) is 5.97. The topological polar surface area (TPSA) is 101 Å². The van der Waals surface area contributed by atoms with Gasteiger partial charge in [-0.15, -0.1) is 0 Å². The molecule has 0 bridgehead atoms. The van der Waals surface area contributed by atoms with Crippen LogP contribution in [0.15, 0.2) is 17.2 Å². The molecular formula is C11H7FN6. The maximum absolute atomic E-state index is 13.8. The molecule has 1 aromatic heterocycles. The van der Waals surface area contributed by atoms with Crippen LogP contribution in [0.1, 0.15) is 5.69 Å². The smallest absolute Gasteiger partial charge is 0.237 e. The van der Waals surface area contributed by atoms with E-state index < -0.39 is 5.82 Å². The van der Waals surface area contributed by atoms with E-state index in [0.717, 1.165) is 0 Å². The third-order valence-electron chi connectivity index (χ3n) is 2.30. The van der Waals surface area contributed by atoms with Crippen LogP contribution in [0.2, 0.25) is 0 Å². The number of aryl methyl sites for hydroxylation is 1. The first-order valence-electron chi connectivity index (χ1n) is 4.94. The molecule has 2 rings (SSSR count). The van der Waals surface area contributed by atoms with Gasteiger partial charge in [-0.3, -0.25) is 10.5 Å². The number of benzene rings is 1. The van der Waals surface area contributed by atoms with Crippen LogP contribution in [-0.2, 0) is 0 Å². The predicted molar refractivity (Wildman–Crippen MR) is 63.1 cm³/mol. The van der Waals surface area contributed by atoms with Crippen molar-refractivity contribution in [2.45, 2.75) is 6.92 Å². The van der Waals surface area contributed by atoms with E-state index in [2.05, 4.69) is 20.7 Å². The number of rotatable bonds is 2. The Labute approximate surface area is 101 Å². The Bertz CT molecular complexity index is 699. The van der Waals surface area contributed by atoms with Gasteiger partial charge in [-0.2, -0.15) is 20.7 Å². The van der Waals surface area contributed by atoms with E-state index in [0.29, 0.717) is 22.3 Å². The maximum Gasteiger partial charge on any atom is 0.237 e. The van der Waals surface area contributed by atoms with E-state index in [1.54, 1.807) is 25.1 Å². The van der Waals surface area contributed by atoms with E-state index in [4.69, 9.17) is 10.5 Å². The van der Waals surface area contributed by atoms with Gasteiger partial charge >= 0.3 is 0 Å². The highest BCUT2D eigenvalue weighted by Gasteiger charge is 2.09. The second kappa shape index (κ2) is 4.52. The number of hydrazone groups is 1. The van der Waals surface area contributed by atoms with Crippen LogP contribution in [0.25, 0.3) is 10.9 Å². The molecule has 1 heterocycles. The Morgan fingerprint density at radius 3 is 2.83 bits per heavy atom. The van der Waals surface area contributed by atoms with Crippen LogP contribution >= 0.6 is 0 Å². The van der Waals surface area contributed by atoms with Crippen LogP contribution in [0, 0.1) is 35.4 Å². The molecule has 7 heteroatoms. The Balaban J connectivity index is 2.40. The summed E-state index contributed by atoms with van der Waals surface area (Å²) in [5.41, 5.74) is 3.49. The predicted octanol–water partition coefficient (Wildman–Crippen LogP) is 1.83. The molecule has 6 nitrogen and oxygen atoms in total. The summed E-state index contributed by atoms with van der Waals surface area (Å²) in [6.45, 7) is 1.72.